The number of hydrogen-bond donors (Lipinski definition) is 2. The van der Waals surface area contributed by atoms with Crippen molar-refractivity contribution in [2.75, 3.05) is 11.9 Å². The molecule has 21 heavy (non-hydrogen) atoms. The topological polar surface area (TPSA) is 54.0 Å². The van der Waals surface area contributed by atoms with Crippen LogP contribution in [0.4, 0.5) is 5.13 Å². The molecule has 0 bridgehead atoms. The quantitative estimate of drug-likeness (QED) is 0.843. The maximum atomic E-state index is 12.0. The highest BCUT2D eigenvalue weighted by Gasteiger charge is 2.22. The smallest absolute Gasteiger partial charge is 0.243 e. The van der Waals surface area contributed by atoms with Crippen molar-refractivity contribution in [2.24, 2.45) is 0 Å². The summed E-state index contributed by atoms with van der Waals surface area (Å²) in [5.41, 5.74) is 1.92. The molecule has 112 valence electrons. The Kier molecular flexibility index (Phi) is 5.75. The minimum Gasteiger partial charge on any atom is -0.306 e. The predicted octanol–water partition coefficient (Wildman–Crippen LogP) is 3.68. The maximum absolute atomic E-state index is 12.0. The van der Waals surface area contributed by atoms with Gasteiger partial charge in [-0.25, -0.2) is 4.98 Å². The van der Waals surface area contributed by atoms with Gasteiger partial charge in [0.2, 0.25) is 5.91 Å². The van der Waals surface area contributed by atoms with Crippen molar-refractivity contribution < 1.29 is 4.79 Å². The zero-order valence-corrected chi connectivity index (χ0v) is 14.4. The SMILES string of the molecule is Cl.O=C(Nc1nc(-c2cccc(Br)c2)cs1)C1CCCN1. The van der Waals surface area contributed by atoms with Crippen molar-refractivity contribution in [3.63, 3.8) is 0 Å². The van der Waals surface area contributed by atoms with Crippen LogP contribution in [0.3, 0.4) is 0 Å². The summed E-state index contributed by atoms with van der Waals surface area (Å²) in [4.78, 5) is 16.5. The Labute approximate surface area is 141 Å². The van der Waals surface area contributed by atoms with Crippen LogP contribution in [0.5, 0.6) is 0 Å². The first-order valence-electron chi connectivity index (χ1n) is 6.48. The number of benzene rings is 1. The second-order valence-corrected chi connectivity index (χ2v) is 6.46. The fourth-order valence-corrected chi connectivity index (χ4v) is 3.33. The van der Waals surface area contributed by atoms with E-state index in [0.29, 0.717) is 5.13 Å². The molecule has 1 fully saturated rings. The van der Waals surface area contributed by atoms with E-state index in [4.69, 9.17) is 0 Å². The Morgan fingerprint density at radius 2 is 2.33 bits per heavy atom. The Balaban J connectivity index is 0.00000161. The van der Waals surface area contributed by atoms with Crippen LogP contribution in [-0.2, 0) is 4.79 Å². The number of rotatable bonds is 3. The van der Waals surface area contributed by atoms with Gasteiger partial charge in [0, 0.05) is 15.4 Å². The van der Waals surface area contributed by atoms with Crippen molar-refractivity contribution >= 4 is 50.7 Å². The van der Waals surface area contributed by atoms with Crippen molar-refractivity contribution in [1.29, 1.82) is 0 Å². The van der Waals surface area contributed by atoms with E-state index in [2.05, 4.69) is 31.5 Å². The first-order valence-corrected chi connectivity index (χ1v) is 8.15. The van der Waals surface area contributed by atoms with E-state index in [1.165, 1.54) is 11.3 Å². The average molecular weight is 389 g/mol. The Morgan fingerprint density at radius 3 is 3.05 bits per heavy atom. The average Bonchev–Trinajstić information content (AvgIpc) is 3.10. The molecule has 0 aliphatic carbocycles. The summed E-state index contributed by atoms with van der Waals surface area (Å²) in [6, 6.07) is 7.89. The van der Waals surface area contributed by atoms with Crippen LogP contribution in [0.1, 0.15) is 12.8 Å². The fourth-order valence-electron chi connectivity index (χ4n) is 2.21. The van der Waals surface area contributed by atoms with Gasteiger partial charge in [-0.2, -0.15) is 0 Å². The van der Waals surface area contributed by atoms with Crippen molar-refractivity contribution in [1.82, 2.24) is 10.3 Å². The van der Waals surface area contributed by atoms with Gasteiger partial charge in [-0.3, -0.25) is 4.79 Å². The number of aromatic nitrogens is 1. The summed E-state index contributed by atoms with van der Waals surface area (Å²) in [5, 5.41) is 8.67. The summed E-state index contributed by atoms with van der Waals surface area (Å²) < 4.78 is 1.02. The molecule has 2 N–H and O–H groups in total. The van der Waals surface area contributed by atoms with Crippen molar-refractivity contribution in [3.8, 4) is 11.3 Å². The Morgan fingerprint density at radius 1 is 1.48 bits per heavy atom. The molecule has 1 unspecified atom stereocenters. The lowest BCUT2D eigenvalue weighted by Crippen LogP contribution is -2.35. The van der Waals surface area contributed by atoms with Crippen LogP contribution in [0, 0.1) is 0 Å². The normalized spacial score (nSPS) is 17.3. The number of anilines is 1. The van der Waals surface area contributed by atoms with Crippen LogP contribution >= 0.6 is 39.7 Å². The highest BCUT2D eigenvalue weighted by molar-refractivity contribution is 9.10. The summed E-state index contributed by atoms with van der Waals surface area (Å²) in [6.07, 6.45) is 1.95. The van der Waals surface area contributed by atoms with E-state index >= 15 is 0 Å². The predicted molar refractivity (Wildman–Crippen MR) is 92.2 cm³/mol. The Hall–Kier alpha value is -0.950. The largest absolute Gasteiger partial charge is 0.306 e. The van der Waals surface area contributed by atoms with Crippen LogP contribution in [-0.4, -0.2) is 23.5 Å². The molecule has 1 amide bonds. The highest BCUT2D eigenvalue weighted by atomic mass is 79.9. The minimum atomic E-state index is -0.0757. The number of halogens is 2. The number of amides is 1. The van der Waals surface area contributed by atoms with Crippen LogP contribution in [0.2, 0.25) is 0 Å². The number of carbonyl (C=O) groups is 1. The second kappa shape index (κ2) is 7.35. The van der Waals surface area contributed by atoms with E-state index in [0.717, 1.165) is 35.1 Å². The lowest BCUT2D eigenvalue weighted by Gasteiger charge is -2.08. The highest BCUT2D eigenvalue weighted by Crippen LogP contribution is 2.27. The number of hydrogen-bond acceptors (Lipinski definition) is 4. The van der Waals surface area contributed by atoms with Gasteiger partial charge in [0.25, 0.3) is 0 Å². The van der Waals surface area contributed by atoms with Gasteiger partial charge in [0.1, 0.15) is 0 Å². The third kappa shape index (κ3) is 4.03. The van der Waals surface area contributed by atoms with Crippen LogP contribution in [0.25, 0.3) is 11.3 Å². The molecule has 1 saturated heterocycles. The van der Waals surface area contributed by atoms with Crippen LogP contribution < -0.4 is 10.6 Å². The molecule has 3 rings (SSSR count). The molecule has 1 aromatic heterocycles. The molecule has 0 spiro atoms. The number of thiazole rings is 1. The summed E-state index contributed by atoms with van der Waals surface area (Å²) in [7, 11) is 0. The number of nitrogens with one attached hydrogen (secondary N) is 2. The number of nitrogens with zero attached hydrogens (tertiary/aromatic N) is 1. The Bertz CT molecular complexity index is 628. The molecule has 4 nitrogen and oxygen atoms in total. The molecule has 1 aromatic carbocycles. The van der Waals surface area contributed by atoms with Gasteiger partial charge in [-0.15, -0.1) is 23.7 Å². The van der Waals surface area contributed by atoms with E-state index in [1.807, 2.05) is 29.6 Å². The third-order valence-corrected chi connectivity index (χ3v) is 4.48. The zero-order valence-electron chi connectivity index (χ0n) is 11.1. The molecule has 1 aliphatic heterocycles. The fraction of sp³-hybridized carbons (Fsp3) is 0.286. The van der Waals surface area contributed by atoms with E-state index < -0.39 is 0 Å². The monoisotopic (exact) mass is 387 g/mol. The summed E-state index contributed by atoms with van der Waals surface area (Å²) in [6.45, 7) is 0.916. The third-order valence-electron chi connectivity index (χ3n) is 3.23. The first kappa shape index (κ1) is 16.4. The number of carbonyl (C=O) groups excluding carboxylic acids is 1. The maximum Gasteiger partial charge on any atom is 0.243 e. The van der Waals surface area contributed by atoms with Crippen LogP contribution in [0.15, 0.2) is 34.1 Å². The summed E-state index contributed by atoms with van der Waals surface area (Å²) >= 11 is 4.90. The molecular weight excluding hydrogens is 374 g/mol. The zero-order chi connectivity index (χ0) is 13.9. The lowest BCUT2D eigenvalue weighted by molar-refractivity contribution is -0.117. The van der Waals surface area contributed by atoms with Gasteiger partial charge < -0.3 is 10.6 Å². The molecule has 0 saturated carbocycles. The second-order valence-electron chi connectivity index (χ2n) is 4.69. The molecule has 2 heterocycles. The molecule has 7 heteroatoms. The van der Waals surface area contributed by atoms with E-state index in [1.54, 1.807) is 0 Å². The van der Waals surface area contributed by atoms with E-state index in [-0.39, 0.29) is 24.4 Å². The molecule has 2 aromatic rings. The molecule has 1 atom stereocenters. The molecule has 0 radical (unpaired) electrons. The van der Waals surface area contributed by atoms with Gasteiger partial charge >= 0.3 is 0 Å². The van der Waals surface area contributed by atoms with Gasteiger partial charge in [-0.05, 0) is 31.5 Å². The van der Waals surface area contributed by atoms with Gasteiger partial charge in [0.15, 0.2) is 5.13 Å². The standard InChI is InChI=1S/C14H14BrN3OS.ClH/c15-10-4-1-3-9(7-10)12-8-20-14(17-12)18-13(19)11-5-2-6-16-11;/h1,3-4,7-8,11,16H,2,5-6H2,(H,17,18,19);1H. The molecular formula is C14H15BrClN3OS. The minimum absolute atomic E-state index is 0. The van der Waals surface area contributed by atoms with E-state index in [9.17, 15) is 4.79 Å². The van der Waals surface area contributed by atoms with Crippen molar-refractivity contribution in [3.05, 3.63) is 34.1 Å². The molecule has 1 aliphatic rings. The first-order chi connectivity index (χ1) is 9.72. The lowest BCUT2D eigenvalue weighted by atomic mass is 10.2. The van der Waals surface area contributed by atoms with Gasteiger partial charge in [0.05, 0.1) is 11.7 Å². The van der Waals surface area contributed by atoms with Gasteiger partial charge in [-0.1, -0.05) is 28.1 Å². The van der Waals surface area contributed by atoms with Crippen molar-refractivity contribution in [2.45, 2.75) is 18.9 Å². The summed E-state index contributed by atoms with van der Waals surface area (Å²) in [5.74, 6) is 0.0117.